The predicted molar refractivity (Wildman–Crippen MR) is 107 cm³/mol. The lowest BCUT2D eigenvalue weighted by molar-refractivity contribution is -0.145. The molecule has 1 aromatic rings. The van der Waals surface area contributed by atoms with Crippen molar-refractivity contribution in [3.05, 3.63) is 23.8 Å². The van der Waals surface area contributed by atoms with Gasteiger partial charge >= 0.3 is 18.7 Å². The number of amides is 1. The van der Waals surface area contributed by atoms with Gasteiger partial charge < -0.3 is 18.9 Å². The third-order valence-corrected chi connectivity index (χ3v) is 5.23. The summed E-state index contributed by atoms with van der Waals surface area (Å²) in [5.74, 6) is -0.126. The maximum Gasteiger partial charge on any atom is 0.411 e. The zero-order chi connectivity index (χ0) is 22.8. The summed E-state index contributed by atoms with van der Waals surface area (Å²) in [5.41, 5.74) is 0.0425. The van der Waals surface area contributed by atoms with Crippen molar-refractivity contribution in [3.8, 4) is 11.5 Å². The maximum atomic E-state index is 12.8. The highest BCUT2D eigenvalue weighted by atomic mass is 19.3. The molecule has 3 rings (SSSR count). The molecule has 9 heteroatoms. The normalized spacial score (nSPS) is 21.2. The smallest absolute Gasteiger partial charge is 0.411 e. The fraction of sp³-hybridized carbons (Fsp3) is 0.636. The second-order valence-corrected chi connectivity index (χ2v) is 8.94. The number of ether oxygens (including phenoxy) is 4. The highest BCUT2D eigenvalue weighted by Gasteiger charge is 2.42. The standard InChI is InChI=1S/C22H29F2NO6/c1-22(2,3)31-21(27)25-11-15(9-16(25)19(26)28-4)14-7-8-17(30-20(23)24)18(10-14)29-12-13-5-6-13/h7-8,10,13,15-16,20H,5-6,9,11-12H2,1-4H3/t15-,16-/m1/s1. The van der Waals surface area contributed by atoms with Crippen LogP contribution in [0, 0.1) is 5.92 Å². The van der Waals surface area contributed by atoms with Gasteiger partial charge in [0.2, 0.25) is 0 Å². The van der Waals surface area contributed by atoms with Crippen LogP contribution >= 0.6 is 0 Å². The first kappa shape index (κ1) is 23.1. The summed E-state index contributed by atoms with van der Waals surface area (Å²) in [5, 5.41) is 0. The first-order chi connectivity index (χ1) is 14.6. The molecule has 0 bridgehead atoms. The minimum absolute atomic E-state index is 0.0362. The first-order valence-corrected chi connectivity index (χ1v) is 10.4. The highest BCUT2D eigenvalue weighted by Crippen LogP contribution is 2.39. The van der Waals surface area contributed by atoms with Gasteiger partial charge in [-0.2, -0.15) is 8.78 Å². The molecule has 0 spiro atoms. The van der Waals surface area contributed by atoms with Crippen LogP contribution in [-0.2, 0) is 14.3 Å². The Morgan fingerprint density at radius 2 is 1.90 bits per heavy atom. The average Bonchev–Trinajstić information content (AvgIpc) is 3.40. The van der Waals surface area contributed by atoms with Crippen LogP contribution in [0.3, 0.4) is 0 Å². The highest BCUT2D eigenvalue weighted by molar-refractivity contribution is 5.82. The van der Waals surface area contributed by atoms with E-state index in [9.17, 15) is 18.4 Å². The van der Waals surface area contributed by atoms with Crippen molar-refractivity contribution in [1.82, 2.24) is 4.90 Å². The van der Waals surface area contributed by atoms with Gasteiger partial charge in [-0.25, -0.2) is 9.59 Å². The predicted octanol–water partition coefficient (Wildman–Crippen LogP) is 4.34. The van der Waals surface area contributed by atoms with Crippen LogP contribution in [0.25, 0.3) is 0 Å². The van der Waals surface area contributed by atoms with Crippen molar-refractivity contribution < 1.29 is 37.3 Å². The lowest BCUT2D eigenvalue weighted by atomic mass is 9.96. The van der Waals surface area contributed by atoms with Crippen LogP contribution < -0.4 is 9.47 Å². The molecule has 0 aromatic heterocycles. The number of carbonyl (C=O) groups excluding carboxylic acids is 2. The number of rotatable bonds is 7. The quantitative estimate of drug-likeness (QED) is 0.586. The Bertz CT molecular complexity index is 806. The largest absolute Gasteiger partial charge is 0.489 e. The van der Waals surface area contributed by atoms with Gasteiger partial charge in [-0.15, -0.1) is 0 Å². The van der Waals surface area contributed by atoms with Gasteiger partial charge in [0.1, 0.15) is 11.6 Å². The summed E-state index contributed by atoms with van der Waals surface area (Å²) in [6.07, 6.45) is 1.83. The zero-order valence-electron chi connectivity index (χ0n) is 18.2. The van der Waals surface area contributed by atoms with E-state index in [-0.39, 0.29) is 24.0 Å². The van der Waals surface area contributed by atoms with Crippen LogP contribution in [0.1, 0.15) is 51.5 Å². The Morgan fingerprint density at radius 1 is 1.19 bits per heavy atom. The molecular formula is C22H29F2NO6. The number of carbonyl (C=O) groups is 2. The van der Waals surface area contributed by atoms with E-state index in [0.717, 1.165) is 18.4 Å². The van der Waals surface area contributed by atoms with Gasteiger partial charge in [0, 0.05) is 12.5 Å². The Balaban J connectivity index is 1.82. The Kier molecular flexibility index (Phi) is 6.91. The summed E-state index contributed by atoms with van der Waals surface area (Å²) in [6.45, 7) is 2.94. The van der Waals surface area contributed by atoms with Gasteiger partial charge in [-0.1, -0.05) is 6.07 Å². The van der Waals surface area contributed by atoms with Gasteiger partial charge in [0.25, 0.3) is 0 Å². The second-order valence-electron chi connectivity index (χ2n) is 8.94. The minimum Gasteiger partial charge on any atom is -0.489 e. The first-order valence-electron chi connectivity index (χ1n) is 10.4. The number of halogens is 2. The van der Waals surface area contributed by atoms with Crippen molar-refractivity contribution in [2.24, 2.45) is 5.92 Å². The molecule has 2 fully saturated rings. The van der Waals surface area contributed by atoms with Crippen molar-refractivity contribution in [2.45, 2.75) is 64.2 Å². The van der Waals surface area contributed by atoms with Crippen LogP contribution in [0.15, 0.2) is 18.2 Å². The molecule has 7 nitrogen and oxygen atoms in total. The number of alkyl halides is 2. The van der Waals surface area contributed by atoms with Crippen LogP contribution in [0.2, 0.25) is 0 Å². The number of esters is 1. The third-order valence-electron chi connectivity index (χ3n) is 5.23. The Labute approximate surface area is 180 Å². The van der Waals surface area contributed by atoms with E-state index < -0.39 is 30.3 Å². The van der Waals surface area contributed by atoms with Crippen LogP contribution in [-0.4, -0.2) is 55.5 Å². The lowest BCUT2D eigenvalue weighted by Crippen LogP contribution is -2.43. The molecule has 1 aliphatic heterocycles. The molecule has 1 saturated carbocycles. The van der Waals surface area contributed by atoms with Crippen molar-refractivity contribution in [1.29, 1.82) is 0 Å². The van der Waals surface area contributed by atoms with E-state index in [1.165, 1.54) is 18.1 Å². The number of likely N-dealkylation sites (tertiary alicyclic amines) is 1. The minimum atomic E-state index is -2.97. The van der Waals surface area contributed by atoms with Crippen molar-refractivity contribution in [2.75, 3.05) is 20.3 Å². The molecule has 31 heavy (non-hydrogen) atoms. The topological polar surface area (TPSA) is 74.3 Å². The Hall–Kier alpha value is -2.58. The van der Waals surface area contributed by atoms with Gasteiger partial charge in [0.15, 0.2) is 11.5 Å². The second kappa shape index (κ2) is 9.28. The maximum absolute atomic E-state index is 12.8. The number of benzene rings is 1. The fourth-order valence-electron chi connectivity index (χ4n) is 3.54. The van der Waals surface area contributed by atoms with E-state index in [1.54, 1.807) is 32.9 Å². The number of hydrogen-bond donors (Lipinski definition) is 0. The molecule has 1 saturated heterocycles. The van der Waals surface area contributed by atoms with Crippen molar-refractivity contribution >= 4 is 12.1 Å². The lowest BCUT2D eigenvalue weighted by Gasteiger charge is -2.27. The monoisotopic (exact) mass is 441 g/mol. The van der Waals surface area contributed by atoms with E-state index >= 15 is 0 Å². The van der Waals surface area contributed by atoms with E-state index in [0.29, 0.717) is 18.9 Å². The molecule has 1 heterocycles. The molecule has 0 N–H and O–H groups in total. The number of methoxy groups -OCH3 is 1. The molecule has 1 aliphatic carbocycles. The molecule has 0 radical (unpaired) electrons. The summed E-state index contributed by atoms with van der Waals surface area (Å²) >= 11 is 0. The third kappa shape index (κ3) is 6.21. The van der Waals surface area contributed by atoms with Gasteiger partial charge in [0.05, 0.1) is 13.7 Å². The van der Waals surface area contributed by atoms with Gasteiger partial charge in [-0.3, -0.25) is 4.90 Å². The van der Waals surface area contributed by atoms with E-state index in [1.807, 2.05) is 0 Å². The van der Waals surface area contributed by atoms with E-state index in [2.05, 4.69) is 4.74 Å². The molecule has 1 amide bonds. The summed E-state index contributed by atoms with van der Waals surface area (Å²) in [6, 6.07) is 3.95. The fourth-order valence-corrected chi connectivity index (χ4v) is 3.54. The molecule has 0 unspecified atom stereocenters. The van der Waals surface area contributed by atoms with Crippen molar-refractivity contribution in [3.63, 3.8) is 0 Å². The van der Waals surface area contributed by atoms with E-state index in [4.69, 9.17) is 14.2 Å². The zero-order valence-corrected chi connectivity index (χ0v) is 18.2. The summed E-state index contributed by atoms with van der Waals surface area (Å²) in [4.78, 5) is 26.3. The number of nitrogens with zero attached hydrogens (tertiary/aromatic N) is 1. The molecule has 2 atom stereocenters. The SMILES string of the molecule is COC(=O)[C@H]1C[C@@H](c2ccc(OC(F)F)c(OCC3CC3)c2)CN1C(=O)OC(C)(C)C. The molecule has 2 aliphatic rings. The van der Waals surface area contributed by atoms with Crippen LogP contribution in [0.5, 0.6) is 11.5 Å². The molecule has 1 aromatic carbocycles. The average molecular weight is 441 g/mol. The summed E-state index contributed by atoms with van der Waals surface area (Å²) in [7, 11) is 1.27. The summed E-state index contributed by atoms with van der Waals surface area (Å²) < 4.78 is 46.2. The number of hydrogen-bond acceptors (Lipinski definition) is 6. The van der Waals surface area contributed by atoms with Gasteiger partial charge in [-0.05, 0) is 63.6 Å². The molecular weight excluding hydrogens is 412 g/mol. The Morgan fingerprint density at radius 3 is 2.48 bits per heavy atom. The van der Waals surface area contributed by atoms with Crippen LogP contribution in [0.4, 0.5) is 13.6 Å². The molecule has 172 valence electrons.